The van der Waals surface area contributed by atoms with Gasteiger partial charge < -0.3 is 10.1 Å². The minimum absolute atomic E-state index is 0.00512. The summed E-state index contributed by atoms with van der Waals surface area (Å²) in [6, 6.07) is 0.164. The Morgan fingerprint density at radius 3 is 2.67 bits per heavy atom. The van der Waals surface area contributed by atoms with E-state index in [-0.39, 0.29) is 17.3 Å². The lowest BCUT2D eigenvalue weighted by atomic mass is 9.93. The molecule has 1 aromatic heterocycles. The van der Waals surface area contributed by atoms with Crippen molar-refractivity contribution in [3.05, 3.63) is 5.82 Å². The van der Waals surface area contributed by atoms with Crippen LogP contribution >= 0.6 is 11.5 Å². The molecular weight excluding hydrogens is 267 g/mol. The van der Waals surface area contributed by atoms with Crippen molar-refractivity contribution >= 4 is 11.5 Å². The second-order valence-corrected chi connectivity index (χ2v) is 4.93. The van der Waals surface area contributed by atoms with E-state index in [0.717, 1.165) is 25.7 Å². The monoisotopic (exact) mass is 281 g/mol. The van der Waals surface area contributed by atoms with Gasteiger partial charge in [-0.1, -0.05) is 6.42 Å². The standard InChI is InChI=1S/C10H14F3N3OS/c1-14-6-4-2-3-5-7(6)17-9-15-8(16-18-9)10(11,12)13/h6-7,14H,2-5H2,1H3. The third kappa shape index (κ3) is 3.11. The zero-order valence-electron chi connectivity index (χ0n) is 9.83. The van der Waals surface area contributed by atoms with Crippen LogP contribution in [0.3, 0.4) is 0 Å². The van der Waals surface area contributed by atoms with E-state index in [4.69, 9.17) is 4.74 Å². The molecule has 1 saturated carbocycles. The first-order chi connectivity index (χ1) is 8.50. The van der Waals surface area contributed by atoms with E-state index in [2.05, 4.69) is 14.7 Å². The number of hydrogen-bond acceptors (Lipinski definition) is 5. The zero-order chi connectivity index (χ0) is 13.2. The summed E-state index contributed by atoms with van der Waals surface area (Å²) < 4.78 is 45.8. The highest BCUT2D eigenvalue weighted by molar-refractivity contribution is 7.07. The van der Waals surface area contributed by atoms with E-state index in [9.17, 15) is 13.2 Å². The SMILES string of the molecule is CNC1CCCCC1Oc1nc(C(F)(F)F)ns1. The highest BCUT2D eigenvalue weighted by atomic mass is 32.1. The fourth-order valence-corrected chi connectivity index (χ4v) is 2.67. The van der Waals surface area contributed by atoms with Crippen LogP contribution in [0.15, 0.2) is 0 Å². The molecule has 2 atom stereocenters. The van der Waals surface area contributed by atoms with Crippen LogP contribution in [0.1, 0.15) is 31.5 Å². The first kappa shape index (κ1) is 13.5. The minimum atomic E-state index is -4.51. The molecule has 0 spiro atoms. The molecule has 1 fully saturated rings. The van der Waals surface area contributed by atoms with Gasteiger partial charge in [0.2, 0.25) is 0 Å². The van der Waals surface area contributed by atoms with Crippen LogP contribution in [0, 0.1) is 0 Å². The molecule has 2 unspecified atom stereocenters. The Morgan fingerprint density at radius 1 is 1.33 bits per heavy atom. The van der Waals surface area contributed by atoms with Crippen LogP contribution in [0.25, 0.3) is 0 Å². The molecule has 0 aromatic carbocycles. The molecule has 102 valence electrons. The van der Waals surface area contributed by atoms with Gasteiger partial charge in [0.1, 0.15) is 6.10 Å². The quantitative estimate of drug-likeness (QED) is 0.924. The molecule has 0 radical (unpaired) electrons. The summed E-state index contributed by atoms with van der Waals surface area (Å²) in [6.45, 7) is 0. The van der Waals surface area contributed by atoms with Crippen molar-refractivity contribution in [3.8, 4) is 5.19 Å². The molecule has 18 heavy (non-hydrogen) atoms. The zero-order valence-corrected chi connectivity index (χ0v) is 10.6. The Kier molecular flexibility index (Phi) is 4.06. The van der Waals surface area contributed by atoms with E-state index >= 15 is 0 Å². The van der Waals surface area contributed by atoms with E-state index < -0.39 is 12.0 Å². The topological polar surface area (TPSA) is 47.0 Å². The Bertz CT molecular complexity index is 396. The summed E-state index contributed by atoms with van der Waals surface area (Å²) in [5.74, 6) is -1.13. The molecule has 8 heteroatoms. The van der Waals surface area contributed by atoms with Crippen LogP contribution in [0.5, 0.6) is 5.19 Å². The van der Waals surface area contributed by atoms with Gasteiger partial charge in [0.15, 0.2) is 0 Å². The molecule has 1 N–H and O–H groups in total. The largest absolute Gasteiger partial charge is 0.464 e. The number of aromatic nitrogens is 2. The van der Waals surface area contributed by atoms with Gasteiger partial charge in [-0.2, -0.15) is 22.5 Å². The molecular formula is C10H14F3N3OS. The first-order valence-corrected chi connectivity index (χ1v) is 6.53. The molecule has 1 aliphatic rings. The highest BCUT2D eigenvalue weighted by Crippen LogP contribution is 2.31. The van der Waals surface area contributed by atoms with Crippen LogP contribution < -0.4 is 10.1 Å². The maximum Gasteiger partial charge on any atom is 0.452 e. The number of halogens is 3. The maximum absolute atomic E-state index is 12.3. The molecule has 0 aliphatic heterocycles. The molecule has 4 nitrogen and oxygen atoms in total. The Labute approximate surface area is 107 Å². The molecule has 2 rings (SSSR count). The number of rotatable bonds is 3. The maximum atomic E-state index is 12.3. The van der Waals surface area contributed by atoms with Crippen molar-refractivity contribution in [3.63, 3.8) is 0 Å². The molecule has 0 bridgehead atoms. The number of hydrogen-bond donors (Lipinski definition) is 1. The van der Waals surface area contributed by atoms with Crippen LogP contribution in [-0.2, 0) is 6.18 Å². The summed E-state index contributed by atoms with van der Waals surface area (Å²) in [5, 5.41) is 3.12. The lowest BCUT2D eigenvalue weighted by Crippen LogP contribution is -2.43. The summed E-state index contributed by atoms with van der Waals surface area (Å²) in [6.07, 6.45) is -0.716. The van der Waals surface area contributed by atoms with Gasteiger partial charge in [-0.3, -0.25) is 0 Å². The summed E-state index contributed by atoms with van der Waals surface area (Å²) in [7, 11) is 1.83. The highest BCUT2D eigenvalue weighted by Gasteiger charge is 2.37. The normalized spacial score (nSPS) is 25.1. The molecule has 1 heterocycles. The van der Waals surface area contributed by atoms with Gasteiger partial charge in [0.25, 0.3) is 11.0 Å². The first-order valence-electron chi connectivity index (χ1n) is 5.75. The predicted octanol–water partition coefficient (Wildman–Crippen LogP) is 2.47. The van der Waals surface area contributed by atoms with Gasteiger partial charge in [0, 0.05) is 17.6 Å². The van der Waals surface area contributed by atoms with E-state index in [1.165, 1.54) is 0 Å². The van der Waals surface area contributed by atoms with Gasteiger partial charge in [-0.25, -0.2) is 0 Å². The van der Waals surface area contributed by atoms with E-state index in [1.807, 2.05) is 7.05 Å². The van der Waals surface area contributed by atoms with Crippen molar-refractivity contribution < 1.29 is 17.9 Å². The summed E-state index contributed by atoms with van der Waals surface area (Å²) in [5.41, 5.74) is 0. The number of nitrogens with one attached hydrogen (secondary N) is 1. The fourth-order valence-electron chi connectivity index (χ4n) is 2.07. The lowest BCUT2D eigenvalue weighted by Gasteiger charge is -2.30. The lowest BCUT2D eigenvalue weighted by molar-refractivity contribution is -0.144. The van der Waals surface area contributed by atoms with Crippen molar-refractivity contribution in [1.29, 1.82) is 0 Å². The Morgan fingerprint density at radius 2 is 2.06 bits per heavy atom. The molecule has 1 aromatic rings. The minimum Gasteiger partial charge on any atom is -0.464 e. The van der Waals surface area contributed by atoms with Crippen LogP contribution in [-0.4, -0.2) is 28.6 Å². The number of nitrogens with zero attached hydrogens (tertiary/aromatic N) is 2. The van der Waals surface area contributed by atoms with E-state index in [0.29, 0.717) is 11.5 Å². The smallest absolute Gasteiger partial charge is 0.452 e. The molecule has 0 saturated heterocycles. The molecule has 0 amide bonds. The Hall–Kier alpha value is -0.890. The molecule has 1 aliphatic carbocycles. The third-order valence-corrected chi connectivity index (χ3v) is 3.59. The summed E-state index contributed by atoms with van der Waals surface area (Å²) in [4.78, 5) is 3.38. The van der Waals surface area contributed by atoms with Crippen molar-refractivity contribution in [2.24, 2.45) is 0 Å². The van der Waals surface area contributed by atoms with Crippen LogP contribution in [0.4, 0.5) is 13.2 Å². The van der Waals surface area contributed by atoms with Crippen molar-refractivity contribution in [2.45, 2.75) is 44.0 Å². The second-order valence-electron chi connectivity index (χ2n) is 4.22. The average Bonchev–Trinajstić information content (AvgIpc) is 2.78. The number of ether oxygens (including phenoxy) is 1. The summed E-state index contributed by atoms with van der Waals surface area (Å²) >= 11 is 0.651. The second kappa shape index (κ2) is 5.40. The van der Waals surface area contributed by atoms with Crippen molar-refractivity contribution in [1.82, 2.24) is 14.7 Å². The fraction of sp³-hybridized carbons (Fsp3) is 0.800. The van der Waals surface area contributed by atoms with Crippen LogP contribution in [0.2, 0.25) is 0 Å². The average molecular weight is 281 g/mol. The Balaban J connectivity index is 2.02. The van der Waals surface area contributed by atoms with Gasteiger partial charge >= 0.3 is 6.18 Å². The van der Waals surface area contributed by atoms with Gasteiger partial charge in [-0.15, -0.1) is 0 Å². The van der Waals surface area contributed by atoms with E-state index in [1.54, 1.807) is 0 Å². The number of likely N-dealkylation sites (N-methyl/N-ethyl adjacent to an activating group) is 1. The van der Waals surface area contributed by atoms with Crippen molar-refractivity contribution in [2.75, 3.05) is 7.05 Å². The van der Waals surface area contributed by atoms with Gasteiger partial charge in [-0.05, 0) is 26.3 Å². The third-order valence-electron chi connectivity index (χ3n) is 2.99. The van der Waals surface area contributed by atoms with Gasteiger partial charge in [0.05, 0.1) is 0 Å². The number of alkyl halides is 3. The predicted molar refractivity (Wildman–Crippen MR) is 60.6 cm³/mol.